The van der Waals surface area contributed by atoms with E-state index in [1.54, 1.807) is 65.5 Å². The minimum Gasteiger partial charge on any atom is -0.399 e. The van der Waals surface area contributed by atoms with E-state index in [1.807, 2.05) is 6.07 Å². The summed E-state index contributed by atoms with van der Waals surface area (Å²) in [5, 5.41) is 3.68. The van der Waals surface area contributed by atoms with Gasteiger partial charge in [-0.15, -0.1) is 0 Å². The van der Waals surface area contributed by atoms with Crippen LogP contribution in [0.1, 0.15) is 16.1 Å². The molecule has 2 heterocycles. The van der Waals surface area contributed by atoms with Crippen molar-refractivity contribution in [3.05, 3.63) is 90.1 Å². The molecule has 1 amide bonds. The molecule has 0 atom stereocenters. The van der Waals surface area contributed by atoms with Crippen molar-refractivity contribution in [2.24, 2.45) is 0 Å². The fourth-order valence-corrected chi connectivity index (χ4v) is 3.08. The molecule has 0 spiro atoms. The second-order valence-electron chi connectivity index (χ2n) is 6.22. The van der Waals surface area contributed by atoms with Crippen LogP contribution in [0.25, 0.3) is 10.9 Å². The Kier molecular flexibility index (Phi) is 4.30. The number of rotatable bonds is 4. The number of carbonyl (C=O) groups excluding carboxylic acids is 1. The molecule has 0 fully saturated rings. The summed E-state index contributed by atoms with van der Waals surface area (Å²) in [4.78, 5) is 16.8. The summed E-state index contributed by atoms with van der Waals surface area (Å²) in [5.41, 5.74) is 8.87. The van der Waals surface area contributed by atoms with Gasteiger partial charge in [-0.05, 0) is 42.5 Å². The molecule has 0 aliphatic heterocycles. The SMILES string of the molecule is Nc1ccc2c(c1)cc(C(=O)Nc1ccncc1)n2Cc1ccccc1F. The third kappa shape index (κ3) is 3.37. The van der Waals surface area contributed by atoms with E-state index in [4.69, 9.17) is 5.73 Å². The summed E-state index contributed by atoms with van der Waals surface area (Å²) in [6.45, 7) is 0.235. The summed E-state index contributed by atoms with van der Waals surface area (Å²) in [7, 11) is 0. The Balaban J connectivity index is 1.79. The third-order valence-corrected chi connectivity index (χ3v) is 4.38. The number of aromatic nitrogens is 2. The number of nitrogens with one attached hydrogen (secondary N) is 1. The van der Waals surface area contributed by atoms with Gasteiger partial charge < -0.3 is 15.6 Å². The van der Waals surface area contributed by atoms with Crippen LogP contribution in [0.15, 0.2) is 73.1 Å². The molecular weight excluding hydrogens is 343 g/mol. The Labute approximate surface area is 155 Å². The third-order valence-electron chi connectivity index (χ3n) is 4.38. The Morgan fingerprint density at radius 2 is 1.85 bits per heavy atom. The van der Waals surface area contributed by atoms with Crippen molar-refractivity contribution in [1.29, 1.82) is 0 Å². The van der Waals surface area contributed by atoms with Crippen molar-refractivity contribution in [2.75, 3.05) is 11.1 Å². The predicted octanol–water partition coefficient (Wildman–Crippen LogP) is 4.06. The first-order chi connectivity index (χ1) is 13.1. The number of nitrogen functional groups attached to an aromatic ring is 1. The van der Waals surface area contributed by atoms with Crippen LogP contribution in [0.5, 0.6) is 0 Å². The fourth-order valence-electron chi connectivity index (χ4n) is 3.08. The highest BCUT2D eigenvalue weighted by atomic mass is 19.1. The topological polar surface area (TPSA) is 72.9 Å². The first kappa shape index (κ1) is 16.8. The number of benzene rings is 2. The summed E-state index contributed by atoms with van der Waals surface area (Å²) in [6, 6.07) is 17.1. The predicted molar refractivity (Wildman–Crippen MR) is 104 cm³/mol. The quantitative estimate of drug-likeness (QED) is 0.539. The Hall–Kier alpha value is -3.67. The first-order valence-electron chi connectivity index (χ1n) is 8.45. The fraction of sp³-hybridized carbons (Fsp3) is 0.0476. The molecule has 2 aromatic carbocycles. The lowest BCUT2D eigenvalue weighted by Crippen LogP contribution is -2.17. The first-order valence-corrected chi connectivity index (χ1v) is 8.45. The average Bonchev–Trinajstić information content (AvgIpc) is 3.02. The van der Waals surface area contributed by atoms with E-state index in [1.165, 1.54) is 6.07 Å². The van der Waals surface area contributed by atoms with Gasteiger partial charge >= 0.3 is 0 Å². The highest BCUT2D eigenvalue weighted by molar-refractivity contribution is 6.06. The molecule has 0 aliphatic rings. The van der Waals surface area contributed by atoms with Gasteiger partial charge in [-0.2, -0.15) is 0 Å². The van der Waals surface area contributed by atoms with E-state index in [9.17, 15) is 9.18 Å². The van der Waals surface area contributed by atoms with E-state index in [2.05, 4.69) is 10.3 Å². The van der Waals surface area contributed by atoms with Gasteiger partial charge in [-0.25, -0.2) is 4.39 Å². The average molecular weight is 360 g/mol. The van der Waals surface area contributed by atoms with Crippen molar-refractivity contribution < 1.29 is 9.18 Å². The van der Waals surface area contributed by atoms with Crippen LogP contribution in [-0.2, 0) is 6.54 Å². The van der Waals surface area contributed by atoms with Crippen molar-refractivity contribution in [1.82, 2.24) is 9.55 Å². The van der Waals surface area contributed by atoms with Gasteiger partial charge in [0.05, 0.1) is 6.54 Å². The normalized spacial score (nSPS) is 10.9. The molecule has 6 heteroatoms. The largest absolute Gasteiger partial charge is 0.399 e. The lowest BCUT2D eigenvalue weighted by molar-refractivity contribution is 0.101. The maximum atomic E-state index is 14.2. The lowest BCUT2D eigenvalue weighted by atomic mass is 10.2. The summed E-state index contributed by atoms with van der Waals surface area (Å²) in [6.07, 6.45) is 3.20. The number of hydrogen-bond acceptors (Lipinski definition) is 3. The molecule has 4 aromatic rings. The molecule has 134 valence electrons. The number of amides is 1. The number of carbonyl (C=O) groups is 1. The van der Waals surface area contributed by atoms with Gasteiger partial charge in [-0.3, -0.25) is 9.78 Å². The van der Waals surface area contributed by atoms with Crippen LogP contribution >= 0.6 is 0 Å². The number of nitrogens with two attached hydrogens (primary N) is 1. The standard InChI is InChI=1S/C21H17FN4O/c22-18-4-2-1-3-14(18)13-26-19-6-5-16(23)11-15(19)12-20(26)21(27)25-17-7-9-24-10-8-17/h1-12H,13,23H2,(H,24,25,27). The van der Waals surface area contributed by atoms with Crippen LogP contribution in [0.4, 0.5) is 15.8 Å². The molecule has 27 heavy (non-hydrogen) atoms. The van der Waals surface area contributed by atoms with E-state index in [0.717, 1.165) is 10.9 Å². The minimum absolute atomic E-state index is 0.235. The van der Waals surface area contributed by atoms with E-state index in [-0.39, 0.29) is 18.3 Å². The zero-order valence-electron chi connectivity index (χ0n) is 14.4. The molecule has 2 aromatic heterocycles. The van der Waals surface area contributed by atoms with Gasteiger partial charge in [0.1, 0.15) is 11.5 Å². The molecule has 4 rings (SSSR count). The zero-order chi connectivity index (χ0) is 18.8. The van der Waals surface area contributed by atoms with Gasteiger partial charge in [-0.1, -0.05) is 18.2 Å². The molecule has 5 nitrogen and oxygen atoms in total. The molecule has 3 N–H and O–H groups in total. The van der Waals surface area contributed by atoms with Crippen LogP contribution in [0.3, 0.4) is 0 Å². The second kappa shape index (κ2) is 6.92. The smallest absolute Gasteiger partial charge is 0.272 e. The summed E-state index contributed by atoms with van der Waals surface area (Å²) >= 11 is 0. The Morgan fingerprint density at radius 1 is 1.07 bits per heavy atom. The van der Waals surface area contributed by atoms with E-state index >= 15 is 0 Å². The summed E-state index contributed by atoms with van der Waals surface area (Å²) in [5.74, 6) is -0.595. The Bertz CT molecular complexity index is 1120. The number of fused-ring (bicyclic) bond motifs is 1. The zero-order valence-corrected chi connectivity index (χ0v) is 14.4. The number of nitrogens with zero attached hydrogens (tertiary/aromatic N) is 2. The maximum Gasteiger partial charge on any atom is 0.272 e. The van der Waals surface area contributed by atoms with Gasteiger partial charge in [0, 0.05) is 40.2 Å². The molecule has 0 saturated carbocycles. The van der Waals surface area contributed by atoms with Crippen LogP contribution in [0.2, 0.25) is 0 Å². The maximum absolute atomic E-state index is 14.2. The van der Waals surface area contributed by atoms with E-state index in [0.29, 0.717) is 22.6 Å². The molecule has 0 saturated heterocycles. The number of halogens is 1. The van der Waals surface area contributed by atoms with Crippen LogP contribution < -0.4 is 11.1 Å². The molecule has 0 unspecified atom stereocenters. The number of anilines is 2. The molecule has 0 bridgehead atoms. The van der Waals surface area contributed by atoms with Gasteiger partial charge in [0.15, 0.2) is 0 Å². The van der Waals surface area contributed by atoms with Crippen molar-refractivity contribution in [3.8, 4) is 0 Å². The highest BCUT2D eigenvalue weighted by Gasteiger charge is 2.17. The van der Waals surface area contributed by atoms with Gasteiger partial charge in [0.25, 0.3) is 5.91 Å². The van der Waals surface area contributed by atoms with Crippen molar-refractivity contribution in [3.63, 3.8) is 0 Å². The molecule has 0 radical (unpaired) electrons. The molecule has 0 aliphatic carbocycles. The van der Waals surface area contributed by atoms with Crippen LogP contribution in [0, 0.1) is 5.82 Å². The number of hydrogen-bond donors (Lipinski definition) is 2. The van der Waals surface area contributed by atoms with Gasteiger partial charge in [0.2, 0.25) is 0 Å². The number of pyridine rings is 1. The molecular formula is C21H17FN4O. The van der Waals surface area contributed by atoms with E-state index < -0.39 is 0 Å². The van der Waals surface area contributed by atoms with Crippen LogP contribution in [-0.4, -0.2) is 15.5 Å². The van der Waals surface area contributed by atoms with Crippen molar-refractivity contribution in [2.45, 2.75) is 6.54 Å². The highest BCUT2D eigenvalue weighted by Crippen LogP contribution is 2.25. The Morgan fingerprint density at radius 3 is 2.63 bits per heavy atom. The monoisotopic (exact) mass is 360 g/mol. The second-order valence-corrected chi connectivity index (χ2v) is 6.22. The lowest BCUT2D eigenvalue weighted by Gasteiger charge is -2.12. The minimum atomic E-state index is -0.310. The summed E-state index contributed by atoms with van der Waals surface area (Å²) < 4.78 is 16.0. The van der Waals surface area contributed by atoms with Crippen molar-refractivity contribution >= 4 is 28.2 Å².